The minimum atomic E-state index is -2.53. The second-order valence-electron chi connectivity index (χ2n) is 19.6. The molecule has 374 valence electrons. The van der Waals surface area contributed by atoms with Gasteiger partial charge in [-0.1, -0.05) is 57.6 Å². The monoisotopic (exact) mass is 940 g/mol. The van der Waals surface area contributed by atoms with E-state index < -0.39 is 77.8 Å². The molecule has 3 fully saturated rings. The van der Waals surface area contributed by atoms with Gasteiger partial charge in [0.15, 0.2) is 5.78 Å². The van der Waals surface area contributed by atoms with Gasteiger partial charge in [-0.15, -0.1) is 0 Å². The number of nitrogens with zero attached hydrogens (tertiary/aromatic N) is 1. The second kappa shape index (κ2) is 24.6. The zero-order valence-corrected chi connectivity index (χ0v) is 41.4. The number of amides is 1. The van der Waals surface area contributed by atoms with Gasteiger partial charge in [0, 0.05) is 57.6 Å². The molecule has 14 unspecified atom stereocenters. The number of Topliss-reactive ketones (excluding diaryl/α,β-unsaturated/α-hetero) is 3. The number of cyclic esters (lactones) is 1. The van der Waals surface area contributed by atoms with Gasteiger partial charge >= 0.3 is 5.97 Å². The fourth-order valence-corrected chi connectivity index (χ4v) is 10.6. The molecular formula is C52H77NO14. The number of carbonyl (C=O) groups excluding carboxylic acids is 5. The Morgan fingerprint density at radius 3 is 2.28 bits per heavy atom. The second-order valence-corrected chi connectivity index (χ2v) is 19.6. The molecule has 1 aromatic carbocycles. The van der Waals surface area contributed by atoms with E-state index in [1.807, 2.05) is 39.8 Å². The molecule has 15 heteroatoms. The highest BCUT2D eigenvalue weighted by molar-refractivity contribution is 6.39. The van der Waals surface area contributed by atoms with Crippen LogP contribution in [0.3, 0.4) is 0 Å². The molecule has 2 bridgehead atoms. The van der Waals surface area contributed by atoms with Crippen molar-refractivity contribution in [3.63, 3.8) is 0 Å². The third-order valence-corrected chi connectivity index (χ3v) is 14.7. The van der Waals surface area contributed by atoms with Gasteiger partial charge in [0.2, 0.25) is 5.79 Å². The quantitative estimate of drug-likeness (QED) is 0.107. The number of piperidine rings is 1. The number of hydrogen-bond acceptors (Lipinski definition) is 14. The first-order valence-corrected chi connectivity index (χ1v) is 24.3. The number of fused-ring (bicyclic) bond motifs is 3. The Bertz CT molecular complexity index is 1930. The van der Waals surface area contributed by atoms with Crippen LogP contribution in [-0.4, -0.2) is 140 Å². The number of ketones is 3. The number of esters is 1. The van der Waals surface area contributed by atoms with Gasteiger partial charge < -0.3 is 48.3 Å². The maximum Gasteiger partial charge on any atom is 0.329 e. The summed E-state index contributed by atoms with van der Waals surface area (Å²) in [7, 11) is 6.20. The van der Waals surface area contributed by atoms with Crippen LogP contribution in [0.1, 0.15) is 123 Å². The molecule has 0 spiro atoms. The van der Waals surface area contributed by atoms with Crippen molar-refractivity contribution in [1.82, 2.24) is 4.90 Å². The summed E-state index contributed by atoms with van der Waals surface area (Å²) in [5.41, 5.74) is 2.11. The molecule has 0 aromatic heterocycles. The predicted octanol–water partition coefficient (Wildman–Crippen LogP) is 6.39. The van der Waals surface area contributed by atoms with Gasteiger partial charge in [-0.3, -0.25) is 19.2 Å². The lowest BCUT2D eigenvalue weighted by Crippen LogP contribution is -2.64. The molecule has 3 heterocycles. The maximum atomic E-state index is 14.5. The van der Waals surface area contributed by atoms with Crippen LogP contribution in [0.4, 0.5) is 0 Å². The molecule has 5 rings (SSSR count). The molecule has 1 saturated carbocycles. The highest BCUT2D eigenvalue weighted by Gasteiger charge is 2.56. The minimum Gasteiger partial charge on any atom is -0.497 e. The molecule has 1 aliphatic carbocycles. The van der Waals surface area contributed by atoms with E-state index in [-0.39, 0.29) is 68.0 Å². The van der Waals surface area contributed by atoms with Crippen LogP contribution in [0.15, 0.2) is 47.6 Å². The molecule has 2 saturated heterocycles. The van der Waals surface area contributed by atoms with Crippen molar-refractivity contribution < 1.29 is 67.3 Å². The Balaban J connectivity index is 1.44. The van der Waals surface area contributed by atoms with Crippen LogP contribution in [0, 0.1) is 29.6 Å². The Kier molecular flexibility index (Phi) is 19.9. The third kappa shape index (κ3) is 13.3. The zero-order chi connectivity index (χ0) is 49.2. The summed E-state index contributed by atoms with van der Waals surface area (Å²) in [6.07, 6.45) is 3.69. The van der Waals surface area contributed by atoms with Crippen molar-refractivity contribution in [1.29, 1.82) is 0 Å². The van der Waals surface area contributed by atoms with Gasteiger partial charge in [0.1, 0.15) is 36.4 Å². The van der Waals surface area contributed by atoms with E-state index in [2.05, 4.69) is 0 Å². The number of benzene rings is 1. The molecule has 3 aliphatic heterocycles. The summed E-state index contributed by atoms with van der Waals surface area (Å²) < 4.78 is 41.7. The average molecular weight is 940 g/mol. The number of carbonyl (C=O) groups is 5. The number of aliphatic hydroxyl groups excluding tert-OH is 1. The average Bonchev–Trinajstić information content (AvgIpc) is 3.32. The molecule has 67 heavy (non-hydrogen) atoms. The number of aliphatic hydroxyl groups is 2. The van der Waals surface area contributed by atoms with Crippen molar-refractivity contribution in [3.8, 4) is 5.75 Å². The molecule has 14 atom stereocenters. The van der Waals surface area contributed by atoms with E-state index in [0.29, 0.717) is 68.3 Å². The first-order valence-electron chi connectivity index (χ1n) is 24.3. The van der Waals surface area contributed by atoms with E-state index in [1.165, 1.54) is 19.1 Å². The standard InChI is InChI=1S/C52H77NO14/c1-11-36-22-30(2)21-31(3)23-45(63-9)48-46(64-10)25-33(5)52(60,67-48)49(57)50(58)53-20-13-12-17-39(53)51(59)66-47(34(6)40(54)28-41(36)55)32(4)24-35-18-19-43(44(26-35)62-8)65-29-42(56)37-15-14-16-38(27-37)61-7/h14-16,22,24,27,31,33-36,39-40,43-48,54,60H,11-13,17-21,23,25-26,28-29H2,1-10H3/b30-22+,32-24?. The van der Waals surface area contributed by atoms with Crippen molar-refractivity contribution >= 4 is 29.2 Å². The first-order chi connectivity index (χ1) is 31.9. The van der Waals surface area contributed by atoms with E-state index in [0.717, 1.165) is 5.57 Å². The lowest BCUT2D eigenvalue weighted by atomic mass is 9.81. The summed E-state index contributed by atoms with van der Waals surface area (Å²) in [6.45, 7) is 11.1. The molecule has 15 nitrogen and oxygen atoms in total. The molecule has 4 aliphatic rings. The van der Waals surface area contributed by atoms with Gasteiger partial charge in [-0.25, -0.2) is 4.79 Å². The lowest BCUT2D eigenvalue weighted by molar-refractivity contribution is -0.302. The van der Waals surface area contributed by atoms with Crippen LogP contribution < -0.4 is 4.74 Å². The number of ether oxygens (including phenoxy) is 7. The Labute approximate surface area is 397 Å². The summed E-state index contributed by atoms with van der Waals surface area (Å²) in [5, 5.41) is 24.0. The van der Waals surface area contributed by atoms with Crippen LogP contribution in [0.25, 0.3) is 0 Å². The van der Waals surface area contributed by atoms with Crippen molar-refractivity contribution in [3.05, 3.63) is 53.1 Å². The smallest absolute Gasteiger partial charge is 0.329 e. The van der Waals surface area contributed by atoms with E-state index in [4.69, 9.17) is 33.2 Å². The van der Waals surface area contributed by atoms with Crippen molar-refractivity contribution in [2.24, 2.45) is 29.6 Å². The number of allylic oxidation sites excluding steroid dienone is 3. The molecule has 1 amide bonds. The molecular weight excluding hydrogens is 863 g/mol. The highest BCUT2D eigenvalue weighted by atomic mass is 16.7. The van der Waals surface area contributed by atoms with Crippen LogP contribution in [-0.2, 0) is 47.6 Å². The number of methoxy groups -OCH3 is 4. The summed E-state index contributed by atoms with van der Waals surface area (Å²) in [5.74, 6) is -7.36. The van der Waals surface area contributed by atoms with Crippen molar-refractivity contribution in [2.45, 2.75) is 167 Å². The lowest BCUT2D eigenvalue weighted by Gasteiger charge is -2.47. The summed E-state index contributed by atoms with van der Waals surface area (Å²) >= 11 is 0. The Morgan fingerprint density at radius 1 is 0.910 bits per heavy atom. The number of rotatable bonds is 11. The van der Waals surface area contributed by atoms with Crippen molar-refractivity contribution in [2.75, 3.05) is 41.6 Å². The normalized spacial score (nSPS) is 36.5. The van der Waals surface area contributed by atoms with Gasteiger partial charge in [0.05, 0.1) is 37.6 Å². The first kappa shape index (κ1) is 54.1. The Hall–Kier alpha value is -3.83. The van der Waals surface area contributed by atoms with Crippen LogP contribution in [0.5, 0.6) is 5.75 Å². The topological polar surface area (TPSA) is 194 Å². The summed E-state index contributed by atoms with van der Waals surface area (Å²) in [4.78, 5) is 71.4. The van der Waals surface area contributed by atoms with E-state index in [9.17, 15) is 34.2 Å². The fourth-order valence-electron chi connectivity index (χ4n) is 10.6. The fraction of sp³-hybridized carbons (Fsp3) is 0.712. The van der Waals surface area contributed by atoms with Crippen LogP contribution >= 0.6 is 0 Å². The van der Waals surface area contributed by atoms with E-state index in [1.54, 1.807) is 52.3 Å². The highest BCUT2D eigenvalue weighted by Crippen LogP contribution is 2.39. The SMILES string of the molecule is CCC1/C=C(\C)CC(C)CC(OC)C2OC(O)(C(=O)C(=O)N3CCCCC3C(=O)OC(C(C)=CC3CCC(OCC(=O)c4cccc(OC)c4)C(OC)C3)C(C)C(O)CC1=O)C(C)CC2OC. The molecule has 1 aromatic rings. The largest absolute Gasteiger partial charge is 0.497 e. The molecule has 0 radical (unpaired) electrons. The summed E-state index contributed by atoms with van der Waals surface area (Å²) in [6, 6.07) is 5.75. The van der Waals surface area contributed by atoms with Crippen LogP contribution in [0.2, 0.25) is 0 Å². The van der Waals surface area contributed by atoms with Gasteiger partial charge in [-0.2, -0.15) is 0 Å². The molecule has 2 N–H and O–H groups in total. The Morgan fingerprint density at radius 2 is 1.61 bits per heavy atom. The predicted molar refractivity (Wildman–Crippen MR) is 249 cm³/mol. The zero-order valence-electron chi connectivity index (χ0n) is 41.4. The third-order valence-electron chi connectivity index (χ3n) is 14.7. The number of hydrogen-bond donors (Lipinski definition) is 2. The van der Waals surface area contributed by atoms with E-state index >= 15 is 0 Å². The van der Waals surface area contributed by atoms with Gasteiger partial charge in [0.25, 0.3) is 11.7 Å². The maximum absolute atomic E-state index is 14.5. The van der Waals surface area contributed by atoms with Gasteiger partial charge in [-0.05, 0) is 108 Å². The minimum absolute atomic E-state index is 0.0165.